The van der Waals surface area contributed by atoms with E-state index in [1.54, 1.807) is 0 Å². The zero-order chi connectivity index (χ0) is 13.0. The van der Waals surface area contributed by atoms with Gasteiger partial charge in [0.05, 0.1) is 12.2 Å². The molecule has 7 heteroatoms. The Morgan fingerprint density at radius 2 is 2.24 bits per heavy atom. The molecule has 0 amide bonds. The van der Waals surface area contributed by atoms with Crippen LogP contribution in [0.15, 0.2) is 6.20 Å². The molecule has 0 spiro atoms. The predicted molar refractivity (Wildman–Crippen MR) is 54.7 cm³/mol. The van der Waals surface area contributed by atoms with Gasteiger partial charge in [0.25, 0.3) is 6.43 Å². The Labute approximate surface area is 101 Å². The van der Waals surface area contributed by atoms with E-state index in [-0.39, 0.29) is 18.1 Å². The van der Waals surface area contributed by atoms with E-state index in [0.717, 1.165) is 6.20 Å². The third-order valence-electron chi connectivity index (χ3n) is 1.97. The van der Waals surface area contributed by atoms with Crippen LogP contribution < -0.4 is 0 Å². The maximum atomic E-state index is 13.6. The molecule has 1 aromatic rings. The quantitative estimate of drug-likeness (QED) is 0.622. The lowest BCUT2D eigenvalue weighted by atomic mass is 10.1. The molecule has 0 saturated heterocycles. The second-order valence-electron chi connectivity index (χ2n) is 3.01. The molecule has 0 fully saturated rings. The zero-order valence-electron chi connectivity index (χ0n) is 8.84. The number of esters is 1. The van der Waals surface area contributed by atoms with Crippen molar-refractivity contribution in [1.82, 2.24) is 4.98 Å². The Bertz CT molecular complexity index is 426. The fraction of sp³-hybridized carbons (Fsp3) is 0.400. The molecule has 0 aliphatic heterocycles. The van der Waals surface area contributed by atoms with Crippen LogP contribution in [0.5, 0.6) is 0 Å². The monoisotopic (exact) mass is 267 g/mol. The minimum atomic E-state index is -3.07. The standard InChI is InChI=1S/C10H9ClF3NO2/c1-2-17-10(16)8-7(12)6(9(13)14)5(3-11)4-15-8/h4,9H,2-3H2,1H3. The zero-order valence-corrected chi connectivity index (χ0v) is 9.60. The summed E-state index contributed by atoms with van der Waals surface area (Å²) in [5.74, 6) is -2.77. The summed E-state index contributed by atoms with van der Waals surface area (Å²) in [5, 5.41) is 0. The van der Waals surface area contributed by atoms with Gasteiger partial charge < -0.3 is 4.74 Å². The van der Waals surface area contributed by atoms with Gasteiger partial charge in [-0.3, -0.25) is 0 Å². The van der Waals surface area contributed by atoms with Gasteiger partial charge in [0.1, 0.15) is 0 Å². The number of hydrogen-bond acceptors (Lipinski definition) is 3. The first-order valence-corrected chi connectivity index (χ1v) is 5.24. The van der Waals surface area contributed by atoms with E-state index in [9.17, 15) is 18.0 Å². The van der Waals surface area contributed by atoms with Gasteiger partial charge in [0, 0.05) is 12.1 Å². The molecule has 0 N–H and O–H groups in total. The van der Waals surface area contributed by atoms with E-state index < -0.39 is 29.5 Å². The highest BCUT2D eigenvalue weighted by molar-refractivity contribution is 6.17. The third kappa shape index (κ3) is 2.88. The lowest BCUT2D eigenvalue weighted by Crippen LogP contribution is -2.13. The molecule has 0 bridgehead atoms. The first kappa shape index (κ1) is 13.8. The second kappa shape index (κ2) is 5.86. The van der Waals surface area contributed by atoms with Crippen LogP contribution in [0.4, 0.5) is 13.2 Å². The number of carbonyl (C=O) groups is 1. The van der Waals surface area contributed by atoms with Crippen molar-refractivity contribution in [3.05, 3.63) is 28.8 Å². The Kier molecular flexibility index (Phi) is 4.74. The summed E-state index contributed by atoms with van der Waals surface area (Å²) in [6.45, 7) is 1.51. The van der Waals surface area contributed by atoms with Crippen molar-refractivity contribution in [3.8, 4) is 0 Å². The van der Waals surface area contributed by atoms with Crippen molar-refractivity contribution in [3.63, 3.8) is 0 Å². The molecule has 0 unspecified atom stereocenters. The highest BCUT2D eigenvalue weighted by Gasteiger charge is 2.25. The van der Waals surface area contributed by atoms with Crippen LogP contribution in [-0.2, 0) is 10.6 Å². The van der Waals surface area contributed by atoms with Gasteiger partial charge in [0.2, 0.25) is 0 Å². The minimum absolute atomic E-state index is 0.00121. The molecular formula is C10H9ClF3NO2. The lowest BCUT2D eigenvalue weighted by Gasteiger charge is -2.10. The summed E-state index contributed by atoms with van der Waals surface area (Å²) >= 11 is 5.39. The molecule has 17 heavy (non-hydrogen) atoms. The minimum Gasteiger partial charge on any atom is -0.461 e. The number of nitrogens with zero attached hydrogens (tertiary/aromatic N) is 1. The van der Waals surface area contributed by atoms with Crippen LogP contribution in [0.2, 0.25) is 0 Å². The largest absolute Gasteiger partial charge is 0.461 e. The van der Waals surface area contributed by atoms with Crippen LogP contribution in [0.3, 0.4) is 0 Å². The van der Waals surface area contributed by atoms with E-state index in [1.807, 2.05) is 0 Å². The van der Waals surface area contributed by atoms with E-state index in [0.29, 0.717) is 0 Å². The average molecular weight is 268 g/mol. The molecule has 0 radical (unpaired) electrons. The van der Waals surface area contributed by atoms with Gasteiger partial charge in [-0.05, 0) is 12.5 Å². The third-order valence-corrected chi connectivity index (χ3v) is 2.26. The summed E-state index contributed by atoms with van der Waals surface area (Å²) < 4.78 is 43.4. The van der Waals surface area contributed by atoms with Gasteiger partial charge in [-0.2, -0.15) is 0 Å². The number of halogens is 4. The maximum Gasteiger partial charge on any atom is 0.360 e. The fourth-order valence-electron chi connectivity index (χ4n) is 1.22. The maximum absolute atomic E-state index is 13.6. The highest BCUT2D eigenvalue weighted by Crippen LogP contribution is 2.28. The van der Waals surface area contributed by atoms with E-state index in [1.165, 1.54) is 6.92 Å². The fourth-order valence-corrected chi connectivity index (χ4v) is 1.43. The molecule has 1 heterocycles. The smallest absolute Gasteiger partial charge is 0.360 e. The van der Waals surface area contributed by atoms with Gasteiger partial charge in [-0.1, -0.05) is 0 Å². The molecule has 1 rings (SSSR count). The van der Waals surface area contributed by atoms with Crippen molar-refractivity contribution >= 4 is 17.6 Å². The molecule has 0 aromatic carbocycles. The Morgan fingerprint density at radius 3 is 2.71 bits per heavy atom. The SMILES string of the molecule is CCOC(=O)c1ncc(CCl)c(C(F)F)c1F. The predicted octanol–water partition coefficient (Wildman–Crippen LogP) is 3.07. The molecule has 0 atom stereocenters. The van der Waals surface area contributed by atoms with Gasteiger partial charge in [-0.15, -0.1) is 11.6 Å². The molecule has 0 aliphatic rings. The van der Waals surface area contributed by atoms with Crippen LogP contribution in [0.25, 0.3) is 0 Å². The number of hydrogen-bond donors (Lipinski definition) is 0. The van der Waals surface area contributed by atoms with Crippen molar-refractivity contribution in [2.24, 2.45) is 0 Å². The summed E-state index contributed by atoms with van der Waals surface area (Å²) in [7, 11) is 0. The van der Waals surface area contributed by atoms with Gasteiger partial charge >= 0.3 is 5.97 Å². The number of alkyl halides is 3. The lowest BCUT2D eigenvalue weighted by molar-refractivity contribution is 0.0512. The van der Waals surface area contributed by atoms with Crippen LogP contribution in [-0.4, -0.2) is 17.6 Å². The number of ether oxygens (including phenoxy) is 1. The number of carbonyl (C=O) groups excluding carboxylic acids is 1. The molecule has 94 valence electrons. The van der Waals surface area contributed by atoms with Crippen molar-refractivity contribution in [2.75, 3.05) is 6.61 Å². The average Bonchev–Trinajstić information content (AvgIpc) is 2.27. The summed E-state index contributed by atoms with van der Waals surface area (Å²) in [4.78, 5) is 14.7. The Hall–Kier alpha value is -1.30. The van der Waals surface area contributed by atoms with Crippen LogP contribution in [0.1, 0.15) is 35.0 Å². The van der Waals surface area contributed by atoms with E-state index >= 15 is 0 Å². The van der Waals surface area contributed by atoms with Gasteiger partial charge in [0.15, 0.2) is 11.5 Å². The normalized spacial score (nSPS) is 10.7. The number of aromatic nitrogens is 1. The summed E-state index contributed by atoms with van der Waals surface area (Å²) in [6, 6.07) is 0. The van der Waals surface area contributed by atoms with Crippen molar-refractivity contribution in [2.45, 2.75) is 19.2 Å². The van der Waals surface area contributed by atoms with E-state index in [4.69, 9.17) is 11.6 Å². The Morgan fingerprint density at radius 1 is 1.59 bits per heavy atom. The van der Waals surface area contributed by atoms with Crippen LogP contribution in [0, 0.1) is 5.82 Å². The molecule has 0 saturated carbocycles. The summed E-state index contributed by atoms with van der Waals surface area (Å²) in [5.41, 5.74) is -1.80. The number of pyridine rings is 1. The number of rotatable bonds is 4. The topological polar surface area (TPSA) is 39.2 Å². The highest BCUT2D eigenvalue weighted by atomic mass is 35.5. The molecular weight excluding hydrogens is 259 g/mol. The first-order valence-electron chi connectivity index (χ1n) is 4.71. The molecule has 1 aromatic heterocycles. The Balaban J connectivity index is 3.27. The van der Waals surface area contributed by atoms with Crippen LogP contribution >= 0.6 is 11.6 Å². The molecule has 3 nitrogen and oxygen atoms in total. The van der Waals surface area contributed by atoms with Crippen molar-refractivity contribution < 1.29 is 22.7 Å². The summed E-state index contributed by atoms with van der Waals surface area (Å²) in [6.07, 6.45) is -2.12. The van der Waals surface area contributed by atoms with Gasteiger partial charge in [-0.25, -0.2) is 22.9 Å². The van der Waals surface area contributed by atoms with Crippen molar-refractivity contribution in [1.29, 1.82) is 0 Å². The second-order valence-corrected chi connectivity index (χ2v) is 3.28. The molecule has 0 aliphatic carbocycles. The van der Waals surface area contributed by atoms with E-state index in [2.05, 4.69) is 9.72 Å². The first-order chi connectivity index (χ1) is 8.02.